The van der Waals surface area contributed by atoms with E-state index in [1.54, 1.807) is 31.4 Å². The van der Waals surface area contributed by atoms with Gasteiger partial charge in [0.2, 0.25) is 5.91 Å². The Balaban J connectivity index is 2.02. The van der Waals surface area contributed by atoms with Crippen LogP contribution in [0.15, 0.2) is 59.4 Å². The molecule has 3 rings (SSSR count). The average Bonchev–Trinajstić information content (AvgIpc) is 3.08. The van der Waals surface area contributed by atoms with Gasteiger partial charge in [-0.15, -0.1) is 5.10 Å². The molecule has 0 aliphatic rings. The van der Waals surface area contributed by atoms with Gasteiger partial charge in [-0.25, -0.2) is 4.79 Å². The Hall–Kier alpha value is -3.35. The number of nitrogens with zero attached hydrogens (tertiary/aromatic N) is 3. The molecule has 29 heavy (non-hydrogen) atoms. The Morgan fingerprint density at radius 1 is 1.07 bits per heavy atom. The maximum Gasteiger partial charge on any atom is 0.351 e. The first-order chi connectivity index (χ1) is 14.1. The average molecular weight is 394 g/mol. The molecule has 1 N–H and O–H groups in total. The van der Waals surface area contributed by atoms with E-state index < -0.39 is 0 Å². The van der Waals surface area contributed by atoms with Gasteiger partial charge in [0.25, 0.3) is 0 Å². The van der Waals surface area contributed by atoms with E-state index in [0.717, 1.165) is 18.4 Å². The molecular weight excluding hydrogens is 368 g/mol. The minimum absolute atomic E-state index is 0.0876. The lowest BCUT2D eigenvalue weighted by atomic mass is 10.2. The zero-order valence-corrected chi connectivity index (χ0v) is 17.0. The second-order valence-corrected chi connectivity index (χ2v) is 6.75. The highest BCUT2D eigenvalue weighted by molar-refractivity contribution is 5.76. The molecule has 0 saturated heterocycles. The smallest absolute Gasteiger partial charge is 0.351 e. The molecule has 1 aromatic heterocycles. The van der Waals surface area contributed by atoms with Gasteiger partial charge in [0.05, 0.1) is 12.8 Å². The van der Waals surface area contributed by atoms with Crippen LogP contribution < -0.4 is 15.7 Å². The maximum atomic E-state index is 13.1. The van der Waals surface area contributed by atoms with Crippen molar-refractivity contribution in [3.63, 3.8) is 0 Å². The molecule has 0 radical (unpaired) electrons. The Kier molecular flexibility index (Phi) is 6.49. The predicted molar refractivity (Wildman–Crippen MR) is 112 cm³/mol. The van der Waals surface area contributed by atoms with E-state index in [1.807, 2.05) is 44.2 Å². The highest BCUT2D eigenvalue weighted by atomic mass is 16.5. The minimum Gasteiger partial charge on any atom is -0.497 e. The van der Waals surface area contributed by atoms with E-state index in [9.17, 15) is 9.59 Å². The number of ether oxygens (including phenoxy) is 1. The van der Waals surface area contributed by atoms with E-state index in [4.69, 9.17) is 4.74 Å². The van der Waals surface area contributed by atoms with E-state index in [2.05, 4.69) is 10.4 Å². The topological polar surface area (TPSA) is 78.2 Å². The van der Waals surface area contributed by atoms with Crippen LogP contribution in [0, 0.1) is 0 Å². The summed E-state index contributed by atoms with van der Waals surface area (Å²) >= 11 is 0. The molecule has 1 heterocycles. The molecule has 0 aliphatic carbocycles. The summed E-state index contributed by atoms with van der Waals surface area (Å²) in [6.07, 6.45) is 1.68. The third kappa shape index (κ3) is 4.56. The number of hydrogen-bond donors (Lipinski definition) is 1. The van der Waals surface area contributed by atoms with Crippen molar-refractivity contribution in [3.8, 4) is 22.8 Å². The molecule has 0 bridgehead atoms. The summed E-state index contributed by atoms with van der Waals surface area (Å²) in [6.45, 7) is 3.96. The van der Waals surface area contributed by atoms with Crippen LogP contribution in [-0.4, -0.2) is 33.4 Å². The highest BCUT2D eigenvalue weighted by Gasteiger charge is 2.19. The maximum absolute atomic E-state index is 13.1. The van der Waals surface area contributed by atoms with Crippen LogP contribution in [-0.2, 0) is 11.3 Å². The molecule has 0 fully saturated rings. The summed E-state index contributed by atoms with van der Waals surface area (Å²) < 4.78 is 7.90. The number of hydrogen-bond acceptors (Lipinski definition) is 4. The van der Waals surface area contributed by atoms with Crippen molar-refractivity contribution in [3.05, 3.63) is 65.1 Å². The summed E-state index contributed by atoms with van der Waals surface area (Å²) in [6, 6.07) is 16.5. The van der Waals surface area contributed by atoms with Crippen molar-refractivity contribution in [1.29, 1.82) is 0 Å². The van der Waals surface area contributed by atoms with Gasteiger partial charge >= 0.3 is 5.69 Å². The van der Waals surface area contributed by atoms with E-state index in [-0.39, 0.29) is 24.2 Å². The van der Waals surface area contributed by atoms with E-state index >= 15 is 0 Å². The van der Waals surface area contributed by atoms with Crippen LogP contribution in [0.3, 0.4) is 0 Å². The zero-order chi connectivity index (χ0) is 20.8. The summed E-state index contributed by atoms with van der Waals surface area (Å²) in [5.74, 6) is 0.937. The van der Waals surface area contributed by atoms with E-state index in [1.165, 1.54) is 9.25 Å². The Morgan fingerprint density at radius 3 is 2.31 bits per heavy atom. The molecule has 0 aliphatic heterocycles. The van der Waals surface area contributed by atoms with Crippen LogP contribution in [0.5, 0.6) is 5.75 Å². The van der Waals surface area contributed by atoms with Crippen LogP contribution >= 0.6 is 0 Å². The number of carbonyl (C=O) groups excluding carboxylic acids is 1. The van der Waals surface area contributed by atoms with Crippen molar-refractivity contribution in [2.75, 3.05) is 7.11 Å². The number of rotatable bonds is 8. The largest absolute Gasteiger partial charge is 0.497 e. The molecular formula is C22H26N4O3. The molecule has 152 valence electrons. The fraction of sp³-hybridized carbons (Fsp3) is 0.318. The highest BCUT2D eigenvalue weighted by Crippen LogP contribution is 2.18. The molecule has 0 atom stereocenters. The lowest BCUT2D eigenvalue weighted by Crippen LogP contribution is -2.38. The normalized spacial score (nSPS) is 10.9. The second kappa shape index (κ2) is 9.23. The standard InChI is InChI=1S/C22H26N4O3/c1-4-17(5-2)23-20(27)15-25-21(16-9-7-6-8-10-16)24-26(22(25)28)18-11-13-19(29-3)14-12-18/h6-14,17H,4-5,15H2,1-3H3,(H,23,27). The van der Waals surface area contributed by atoms with Crippen LogP contribution in [0.25, 0.3) is 17.1 Å². The summed E-state index contributed by atoms with van der Waals surface area (Å²) in [5.41, 5.74) is 1.01. The number of amides is 1. The van der Waals surface area contributed by atoms with Crippen molar-refractivity contribution < 1.29 is 9.53 Å². The molecule has 7 heteroatoms. The number of carbonyl (C=O) groups is 1. The van der Waals surface area contributed by atoms with Gasteiger partial charge in [0.15, 0.2) is 5.82 Å². The van der Waals surface area contributed by atoms with Crippen molar-refractivity contribution in [2.45, 2.75) is 39.3 Å². The van der Waals surface area contributed by atoms with E-state index in [0.29, 0.717) is 17.3 Å². The van der Waals surface area contributed by atoms with Crippen LogP contribution in [0.2, 0.25) is 0 Å². The number of nitrogens with one attached hydrogen (secondary N) is 1. The Labute approximate surface area is 169 Å². The third-order valence-electron chi connectivity index (χ3n) is 4.86. The number of benzene rings is 2. The number of methoxy groups -OCH3 is 1. The summed E-state index contributed by atoms with van der Waals surface area (Å²) in [5, 5.41) is 7.51. The molecule has 2 aromatic carbocycles. The van der Waals surface area contributed by atoms with Crippen molar-refractivity contribution in [2.24, 2.45) is 0 Å². The fourth-order valence-electron chi connectivity index (χ4n) is 3.14. The van der Waals surface area contributed by atoms with Gasteiger partial charge in [-0.05, 0) is 37.1 Å². The van der Waals surface area contributed by atoms with Gasteiger partial charge in [-0.3, -0.25) is 9.36 Å². The van der Waals surface area contributed by atoms with Gasteiger partial charge in [-0.1, -0.05) is 44.2 Å². The minimum atomic E-state index is -0.367. The SMILES string of the molecule is CCC(CC)NC(=O)Cn1c(-c2ccccc2)nn(-c2ccc(OC)cc2)c1=O. The zero-order valence-electron chi connectivity index (χ0n) is 17.0. The first kappa shape index (κ1) is 20.4. The molecule has 3 aromatic rings. The second-order valence-electron chi connectivity index (χ2n) is 6.75. The predicted octanol–water partition coefficient (Wildman–Crippen LogP) is 3.01. The van der Waals surface area contributed by atoms with Gasteiger partial charge in [0.1, 0.15) is 12.3 Å². The molecule has 1 amide bonds. The first-order valence-corrected chi connectivity index (χ1v) is 9.76. The molecule has 0 unspecified atom stereocenters. The summed E-state index contributed by atoms with van der Waals surface area (Å²) in [4.78, 5) is 25.7. The fourth-order valence-corrected chi connectivity index (χ4v) is 3.14. The number of aromatic nitrogens is 3. The van der Waals surface area contributed by atoms with Crippen molar-refractivity contribution in [1.82, 2.24) is 19.7 Å². The third-order valence-corrected chi connectivity index (χ3v) is 4.86. The molecule has 7 nitrogen and oxygen atoms in total. The van der Waals surface area contributed by atoms with Gasteiger partial charge in [0, 0.05) is 11.6 Å². The lowest BCUT2D eigenvalue weighted by Gasteiger charge is -2.15. The Bertz CT molecular complexity index is 1000. The quantitative estimate of drug-likeness (QED) is 0.637. The van der Waals surface area contributed by atoms with Gasteiger partial charge in [-0.2, -0.15) is 4.68 Å². The van der Waals surface area contributed by atoms with Gasteiger partial charge < -0.3 is 10.1 Å². The van der Waals surface area contributed by atoms with Crippen LogP contribution in [0.1, 0.15) is 26.7 Å². The van der Waals surface area contributed by atoms with Crippen molar-refractivity contribution >= 4 is 5.91 Å². The molecule has 0 spiro atoms. The van der Waals surface area contributed by atoms with Crippen LogP contribution in [0.4, 0.5) is 0 Å². The Morgan fingerprint density at radius 2 is 1.72 bits per heavy atom. The first-order valence-electron chi connectivity index (χ1n) is 9.76. The lowest BCUT2D eigenvalue weighted by molar-refractivity contribution is -0.122. The summed E-state index contributed by atoms with van der Waals surface area (Å²) in [7, 11) is 1.59. The monoisotopic (exact) mass is 394 g/mol. The molecule has 0 saturated carbocycles.